The highest BCUT2D eigenvalue weighted by molar-refractivity contribution is 5.92. The van der Waals surface area contributed by atoms with Crippen molar-refractivity contribution in [3.05, 3.63) is 59.9 Å². The summed E-state index contributed by atoms with van der Waals surface area (Å²) in [5.41, 5.74) is 1.84. The van der Waals surface area contributed by atoms with Gasteiger partial charge in [-0.2, -0.15) is 0 Å². The summed E-state index contributed by atoms with van der Waals surface area (Å²) in [6.45, 7) is 9.27. The minimum absolute atomic E-state index is 0.0754. The molecular weight excluding hydrogens is 378 g/mol. The first-order valence-corrected chi connectivity index (χ1v) is 10.6. The third kappa shape index (κ3) is 5.81. The van der Waals surface area contributed by atoms with Gasteiger partial charge < -0.3 is 14.5 Å². The fourth-order valence-electron chi connectivity index (χ4n) is 3.43. The van der Waals surface area contributed by atoms with Crippen LogP contribution in [0.5, 0.6) is 5.75 Å². The molecule has 0 atom stereocenters. The Hall–Kier alpha value is -2.89. The van der Waals surface area contributed by atoms with Crippen molar-refractivity contribution in [3.8, 4) is 5.75 Å². The highest BCUT2D eigenvalue weighted by Crippen LogP contribution is 2.24. The van der Waals surface area contributed by atoms with Gasteiger partial charge in [-0.3, -0.25) is 14.6 Å². The standard InChI is InChI=1S/C24H31N3O3/c1-24(2,3)19-9-11-20(12-10-19)30-18-6-8-22(28)26-14-16-27(17-15-26)23(29)21-7-4-5-13-25-21/h4-5,7,9-13H,6,8,14-18H2,1-3H3. The summed E-state index contributed by atoms with van der Waals surface area (Å²) >= 11 is 0. The molecule has 1 aliphatic heterocycles. The Bertz CT molecular complexity index is 836. The summed E-state index contributed by atoms with van der Waals surface area (Å²) in [6.07, 6.45) is 2.75. The highest BCUT2D eigenvalue weighted by atomic mass is 16.5. The second-order valence-corrected chi connectivity index (χ2v) is 8.61. The average molecular weight is 410 g/mol. The van der Waals surface area contributed by atoms with Gasteiger partial charge in [0.2, 0.25) is 5.91 Å². The Balaban J connectivity index is 1.36. The maximum atomic E-state index is 12.5. The molecule has 6 heteroatoms. The minimum atomic E-state index is -0.0754. The lowest BCUT2D eigenvalue weighted by Crippen LogP contribution is -2.50. The molecule has 3 rings (SSSR count). The third-order valence-electron chi connectivity index (χ3n) is 5.33. The quantitative estimate of drug-likeness (QED) is 0.685. The highest BCUT2D eigenvalue weighted by Gasteiger charge is 2.25. The molecule has 0 N–H and O–H groups in total. The van der Waals surface area contributed by atoms with Crippen molar-refractivity contribution < 1.29 is 14.3 Å². The van der Waals surface area contributed by atoms with Crippen LogP contribution in [0.4, 0.5) is 0 Å². The van der Waals surface area contributed by atoms with Crippen LogP contribution in [0.2, 0.25) is 0 Å². The smallest absolute Gasteiger partial charge is 0.272 e. The zero-order chi connectivity index (χ0) is 21.6. The maximum Gasteiger partial charge on any atom is 0.272 e. The summed E-state index contributed by atoms with van der Waals surface area (Å²) in [5.74, 6) is 0.872. The van der Waals surface area contributed by atoms with Crippen molar-refractivity contribution in [1.29, 1.82) is 0 Å². The average Bonchev–Trinajstić information content (AvgIpc) is 2.76. The molecule has 160 valence electrons. The molecule has 1 aromatic heterocycles. The molecule has 0 unspecified atom stereocenters. The minimum Gasteiger partial charge on any atom is -0.494 e. The van der Waals surface area contributed by atoms with Gasteiger partial charge in [0.1, 0.15) is 11.4 Å². The number of hydrogen-bond donors (Lipinski definition) is 0. The Morgan fingerprint density at radius 1 is 0.967 bits per heavy atom. The number of ether oxygens (including phenoxy) is 1. The molecule has 0 aliphatic carbocycles. The van der Waals surface area contributed by atoms with Gasteiger partial charge in [0.25, 0.3) is 5.91 Å². The summed E-state index contributed by atoms with van der Waals surface area (Å²) in [4.78, 5) is 32.6. The lowest BCUT2D eigenvalue weighted by Gasteiger charge is -2.34. The van der Waals surface area contributed by atoms with Gasteiger partial charge in [-0.25, -0.2) is 0 Å². The number of carbonyl (C=O) groups excluding carboxylic acids is 2. The SMILES string of the molecule is CC(C)(C)c1ccc(OCCCC(=O)N2CCN(C(=O)c3ccccn3)CC2)cc1. The normalized spacial score (nSPS) is 14.5. The number of amides is 2. The Labute approximate surface area is 178 Å². The van der Waals surface area contributed by atoms with E-state index in [0.29, 0.717) is 51.3 Å². The van der Waals surface area contributed by atoms with Gasteiger partial charge in [-0.1, -0.05) is 39.0 Å². The van der Waals surface area contributed by atoms with E-state index in [4.69, 9.17) is 4.74 Å². The fourth-order valence-corrected chi connectivity index (χ4v) is 3.43. The first-order valence-electron chi connectivity index (χ1n) is 10.6. The molecule has 2 amide bonds. The monoisotopic (exact) mass is 409 g/mol. The molecule has 0 radical (unpaired) electrons. The van der Waals surface area contributed by atoms with Gasteiger partial charge in [0.05, 0.1) is 6.61 Å². The van der Waals surface area contributed by atoms with Gasteiger partial charge in [-0.05, 0) is 41.7 Å². The third-order valence-corrected chi connectivity index (χ3v) is 5.33. The Kier molecular flexibility index (Phi) is 7.08. The zero-order valence-electron chi connectivity index (χ0n) is 18.1. The van der Waals surface area contributed by atoms with E-state index in [1.54, 1.807) is 29.3 Å². The molecule has 0 spiro atoms. The van der Waals surface area contributed by atoms with E-state index in [-0.39, 0.29) is 17.2 Å². The molecule has 2 heterocycles. The van der Waals surface area contributed by atoms with E-state index in [1.807, 2.05) is 17.0 Å². The topological polar surface area (TPSA) is 62.7 Å². The summed E-state index contributed by atoms with van der Waals surface area (Å²) in [5, 5.41) is 0. The summed E-state index contributed by atoms with van der Waals surface area (Å²) < 4.78 is 5.78. The van der Waals surface area contributed by atoms with Crippen molar-refractivity contribution >= 4 is 11.8 Å². The molecule has 1 fully saturated rings. The van der Waals surface area contributed by atoms with Crippen LogP contribution in [0, 0.1) is 0 Å². The molecule has 0 saturated carbocycles. The number of benzene rings is 1. The molecule has 1 aromatic carbocycles. The van der Waals surface area contributed by atoms with Crippen LogP contribution in [0.3, 0.4) is 0 Å². The Morgan fingerprint density at radius 3 is 2.23 bits per heavy atom. The number of carbonyl (C=O) groups is 2. The lowest BCUT2D eigenvalue weighted by molar-refractivity contribution is -0.132. The molecule has 1 saturated heterocycles. The van der Waals surface area contributed by atoms with Crippen molar-refractivity contribution in [3.63, 3.8) is 0 Å². The van der Waals surface area contributed by atoms with Crippen molar-refractivity contribution in [2.45, 2.75) is 39.0 Å². The second-order valence-electron chi connectivity index (χ2n) is 8.61. The van der Waals surface area contributed by atoms with E-state index in [1.165, 1.54) is 5.56 Å². The van der Waals surface area contributed by atoms with Crippen LogP contribution < -0.4 is 4.74 Å². The molecule has 30 heavy (non-hydrogen) atoms. The van der Waals surface area contributed by atoms with Crippen LogP contribution in [-0.4, -0.2) is 59.4 Å². The van der Waals surface area contributed by atoms with Crippen molar-refractivity contribution in [2.24, 2.45) is 0 Å². The van der Waals surface area contributed by atoms with Crippen molar-refractivity contribution in [2.75, 3.05) is 32.8 Å². The molecule has 6 nitrogen and oxygen atoms in total. The van der Waals surface area contributed by atoms with Gasteiger partial charge in [0.15, 0.2) is 0 Å². The second kappa shape index (κ2) is 9.74. The Morgan fingerprint density at radius 2 is 1.63 bits per heavy atom. The first kappa shape index (κ1) is 21.8. The van der Waals surface area contributed by atoms with Gasteiger partial charge in [0, 0.05) is 38.8 Å². The predicted octanol–water partition coefficient (Wildman–Crippen LogP) is 3.52. The maximum absolute atomic E-state index is 12.5. The lowest BCUT2D eigenvalue weighted by atomic mass is 9.87. The summed E-state index contributed by atoms with van der Waals surface area (Å²) in [7, 11) is 0. The van der Waals surface area contributed by atoms with E-state index in [2.05, 4.69) is 37.9 Å². The van der Waals surface area contributed by atoms with Gasteiger partial charge >= 0.3 is 0 Å². The van der Waals surface area contributed by atoms with E-state index >= 15 is 0 Å². The molecule has 0 bridgehead atoms. The van der Waals surface area contributed by atoms with Crippen LogP contribution in [0.15, 0.2) is 48.7 Å². The van der Waals surface area contributed by atoms with E-state index in [0.717, 1.165) is 5.75 Å². The van der Waals surface area contributed by atoms with Crippen LogP contribution in [0.1, 0.15) is 49.7 Å². The fraction of sp³-hybridized carbons (Fsp3) is 0.458. The number of hydrogen-bond acceptors (Lipinski definition) is 4. The molecule has 2 aromatic rings. The number of nitrogens with zero attached hydrogens (tertiary/aromatic N) is 3. The van der Waals surface area contributed by atoms with Crippen LogP contribution in [0.25, 0.3) is 0 Å². The molecule has 1 aliphatic rings. The molecular formula is C24H31N3O3. The number of pyridine rings is 1. The number of aromatic nitrogens is 1. The summed E-state index contributed by atoms with van der Waals surface area (Å²) in [6, 6.07) is 13.5. The van der Waals surface area contributed by atoms with Crippen LogP contribution >= 0.6 is 0 Å². The van der Waals surface area contributed by atoms with Crippen molar-refractivity contribution in [1.82, 2.24) is 14.8 Å². The van der Waals surface area contributed by atoms with E-state index in [9.17, 15) is 9.59 Å². The number of piperazine rings is 1. The predicted molar refractivity (Wildman–Crippen MR) is 117 cm³/mol. The first-order chi connectivity index (χ1) is 14.3. The number of rotatable bonds is 6. The van der Waals surface area contributed by atoms with Crippen LogP contribution in [-0.2, 0) is 10.2 Å². The van der Waals surface area contributed by atoms with Gasteiger partial charge in [-0.15, -0.1) is 0 Å². The zero-order valence-corrected chi connectivity index (χ0v) is 18.1. The largest absolute Gasteiger partial charge is 0.494 e. The van der Waals surface area contributed by atoms with E-state index < -0.39 is 0 Å².